The number of hydrogen-bond donors (Lipinski definition) is 0. The van der Waals surface area contributed by atoms with Crippen molar-refractivity contribution in [1.29, 1.82) is 0 Å². The maximum Gasteiger partial charge on any atom is 0.249 e. The predicted octanol–water partition coefficient (Wildman–Crippen LogP) is 7.10. The molecule has 4 aromatic rings. The monoisotopic (exact) mass is 550 g/mol. The van der Waals surface area contributed by atoms with Crippen LogP contribution in [0.4, 0.5) is 18.9 Å². The Morgan fingerprint density at radius 3 is 2.75 bits per heavy atom. The van der Waals surface area contributed by atoms with Gasteiger partial charge in [-0.15, -0.1) is 6.58 Å². The molecule has 1 unspecified atom stereocenters. The number of halogens is 3. The molecule has 0 bridgehead atoms. The number of amides is 1. The number of aryl methyl sites for hydroxylation is 1. The van der Waals surface area contributed by atoms with Crippen LogP contribution in [-0.2, 0) is 11.2 Å². The van der Waals surface area contributed by atoms with Gasteiger partial charge >= 0.3 is 0 Å². The van der Waals surface area contributed by atoms with Crippen molar-refractivity contribution >= 4 is 22.7 Å². The van der Waals surface area contributed by atoms with Crippen LogP contribution in [0.1, 0.15) is 56.2 Å². The Balaban J connectivity index is 1.20. The highest BCUT2D eigenvalue weighted by Gasteiger charge is 2.50. The molecule has 2 aliphatic rings. The van der Waals surface area contributed by atoms with Crippen molar-refractivity contribution in [1.82, 2.24) is 15.1 Å². The summed E-state index contributed by atoms with van der Waals surface area (Å²) in [6.45, 7) is 4.24. The molecule has 10 heteroatoms. The first-order chi connectivity index (χ1) is 19.3. The van der Waals surface area contributed by atoms with E-state index in [0.717, 1.165) is 25.1 Å². The number of rotatable bonds is 11. The molecular formula is C30H29F3N4O3. The Bertz CT molecular complexity index is 1540. The van der Waals surface area contributed by atoms with Gasteiger partial charge in [-0.1, -0.05) is 17.3 Å². The van der Waals surface area contributed by atoms with Crippen molar-refractivity contribution < 1.29 is 26.9 Å². The molecule has 2 aromatic heterocycles. The fraction of sp³-hybridized carbons (Fsp3) is 0.400. The van der Waals surface area contributed by atoms with E-state index < -0.39 is 30.5 Å². The standard InChI is InChI=1S/C30H29F3N4O3/c1-2-18(5-3-8-26-35-27(36-40-26)19-9-10-19)17-37(29(38)21-15-30(32,33)16-21)23-7-4-6-20(13-23)28-34-24-14-22(31)11-12-25(24)39-28/h2,4,6-7,11-14,18-19,21H,1,3,5,8-10,15-17H2. The van der Waals surface area contributed by atoms with E-state index in [1.165, 1.54) is 18.2 Å². The summed E-state index contributed by atoms with van der Waals surface area (Å²) in [6.07, 6.45) is 5.12. The number of hydrogen-bond acceptors (Lipinski definition) is 6. The number of nitrogens with zero attached hydrogens (tertiary/aromatic N) is 4. The molecule has 1 amide bonds. The van der Waals surface area contributed by atoms with Gasteiger partial charge in [-0.05, 0) is 61.9 Å². The van der Waals surface area contributed by atoms with Crippen LogP contribution in [0, 0.1) is 17.7 Å². The minimum Gasteiger partial charge on any atom is -0.436 e. The highest BCUT2D eigenvalue weighted by atomic mass is 19.3. The van der Waals surface area contributed by atoms with E-state index in [0.29, 0.717) is 47.0 Å². The van der Waals surface area contributed by atoms with Crippen LogP contribution in [-0.4, -0.2) is 33.5 Å². The lowest BCUT2D eigenvalue weighted by atomic mass is 9.80. The number of anilines is 1. The van der Waals surface area contributed by atoms with E-state index in [1.807, 2.05) is 0 Å². The fourth-order valence-corrected chi connectivity index (χ4v) is 5.12. The quantitative estimate of drug-likeness (QED) is 0.185. The molecule has 0 saturated heterocycles. The van der Waals surface area contributed by atoms with E-state index in [1.54, 1.807) is 35.2 Å². The number of carbonyl (C=O) groups excluding carboxylic acids is 1. The lowest BCUT2D eigenvalue weighted by molar-refractivity contribution is -0.147. The Kier molecular flexibility index (Phi) is 6.93. The van der Waals surface area contributed by atoms with Crippen LogP contribution < -0.4 is 4.90 Å². The summed E-state index contributed by atoms with van der Waals surface area (Å²) in [4.78, 5) is 23.9. The first-order valence-electron chi connectivity index (χ1n) is 13.6. The van der Waals surface area contributed by atoms with Crippen molar-refractivity contribution in [2.75, 3.05) is 11.4 Å². The first-order valence-corrected chi connectivity index (χ1v) is 13.6. The molecule has 208 valence electrons. The first kappa shape index (κ1) is 26.3. The van der Waals surface area contributed by atoms with Gasteiger partial charge in [-0.2, -0.15) is 4.98 Å². The van der Waals surface area contributed by atoms with Crippen molar-refractivity contribution in [3.63, 3.8) is 0 Å². The molecule has 2 saturated carbocycles. The molecule has 1 atom stereocenters. The predicted molar refractivity (Wildman–Crippen MR) is 142 cm³/mol. The Morgan fingerprint density at radius 2 is 2.00 bits per heavy atom. The van der Waals surface area contributed by atoms with Crippen LogP contribution in [0.25, 0.3) is 22.6 Å². The Labute approximate surface area is 229 Å². The molecule has 0 aliphatic heterocycles. The number of carbonyl (C=O) groups is 1. The molecule has 2 aliphatic carbocycles. The second-order valence-electron chi connectivity index (χ2n) is 10.8. The molecule has 6 rings (SSSR count). The average molecular weight is 551 g/mol. The number of alkyl halides is 2. The molecule has 40 heavy (non-hydrogen) atoms. The normalized spacial score (nSPS) is 17.5. The van der Waals surface area contributed by atoms with E-state index >= 15 is 0 Å². The average Bonchev–Trinajstić information content (AvgIpc) is 3.52. The summed E-state index contributed by atoms with van der Waals surface area (Å²) in [5, 5.41) is 4.05. The SMILES string of the molecule is C=CC(CCCc1nc(C2CC2)no1)CN(C(=O)C1CC(F)(F)C1)c1cccc(-c2nc3cc(F)ccc3o2)c1. The lowest BCUT2D eigenvalue weighted by Gasteiger charge is -2.38. The molecule has 2 aromatic carbocycles. The number of benzene rings is 2. The second-order valence-corrected chi connectivity index (χ2v) is 10.8. The highest BCUT2D eigenvalue weighted by molar-refractivity contribution is 5.96. The summed E-state index contributed by atoms with van der Waals surface area (Å²) in [5.74, 6) is -2.37. The van der Waals surface area contributed by atoms with Crippen molar-refractivity contribution in [3.05, 3.63) is 72.7 Å². The van der Waals surface area contributed by atoms with Crippen LogP contribution in [0.3, 0.4) is 0 Å². The van der Waals surface area contributed by atoms with Crippen LogP contribution >= 0.6 is 0 Å². The number of aromatic nitrogens is 3. The van der Waals surface area contributed by atoms with Crippen molar-refractivity contribution in [3.8, 4) is 11.5 Å². The van der Waals surface area contributed by atoms with Gasteiger partial charge in [0.2, 0.25) is 23.6 Å². The molecule has 0 spiro atoms. The maximum absolute atomic E-state index is 13.7. The molecule has 0 radical (unpaired) electrons. The number of fused-ring (bicyclic) bond motifs is 1. The summed E-state index contributed by atoms with van der Waals surface area (Å²) < 4.78 is 52.2. The van der Waals surface area contributed by atoms with Gasteiger partial charge in [0.05, 0.1) is 0 Å². The van der Waals surface area contributed by atoms with Gasteiger partial charge in [0.15, 0.2) is 11.4 Å². The van der Waals surface area contributed by atoms with Gasteiger partial charge in [0, 0.05) is 55.0 Å². The zero-order chi connectivity index (χ0) is 27.9. The molecule has 0 N–H and O–H groups in total. The van der Waals surface area contributed by atoms with E-state index in [9.17, 15) is 18.0 Å². The second kappa shape index (κ2) is 10.6. The zero-order valence-corrected chi connectivity index (χ0v) is 21.9. The van der Waals surface area contributed by atoms with Crippen molar-refractivity contribution in [2.45, 2.75) is 56.8 Å². The highest BCUT2D eigenvalue weighted by Crippen LogP contribution is 2.44. The van der Waals surface area contributed by atoms with E-state index in [-0.39, 0.29) is 24.3 Å². The van der Waals surface area contributed by atoms with Crippen LogP contribution in [0.15, 0.2) is 64.1 Å². The largest absolute Gasteiger partial charge is 0.436 e. The molecule has 2 fully saturated rings. The minimum absolute atomic E-state index is 0.0914. The molecule has 7 nitrogen and oxygen atoms in total. The maximum atomic E-state index is 13.7. The van der Waals surface area contributed by atoms with E-state index in [2.05, 4.69) is 21.7 Å². The van der Waals surface area contributed by atoms with Crippen LogP contribution in [0.5, 0.6) is 0 Å². The zero-order valence-electron chi connectivity index (χ0n) is 21.9. The third kappa shape index (κ3) is 5.66. The van der Waals surface area contributed by atoms with Gasteiger partial charge in [0.1, 0.15) is 11.3 Å². The third-order valence-electron chi connectivity index (χ3n) is 7.60. The Hall–Kier alpha value is -3.95. The van der Waals surface area contributed by atoms with Crippen LogP contribution in [0.2, 0.25) is 0 Å². The van der Waals surface area contributed by atoms with Gasteiger partial charge in [-0.25, -0.2) is 18.2 Å². The molecule has 2 heterocycles. The van der Waals surface area contributed by atoms with Gasteiger partial charge in [-0.3, -0.25) is 4.79 Å². The minimum atomic E-state index is -2.82. The lowest BCUT2D eigenvalue weighted by Crippen LogP contribution is -2.48. The summed E-state index contributed by atoms with van der Waals surface area (Å²) in [5.41, 5.74) is 1.94. The topological polar surface area (TPSA) is 85.3 Å². The fourth-order valence-electron chi connectivity index (χ4n) is 5.12. The Morgan fingerprint density at radius 1 is 1.18 bits per heavy atom. The molecular weight excluding hydrogens is 521 g/mol. The van der Waals surface area contributed by atoms with Crippen molar-refractivity contribution in [2.24, 2.45) is 11.8 Å². The van der Waals surface area contributed by atoms with Gasteiger partial charge in [0.25, 0.3) is 0 Å². The van der Waals surface area contributed by atoms with E-state index in [4.69, 9.17) is 8.94 Å². The smallest absolute Gasteiger partial charge is 0.249 e. The summed E-state index contributed by atoms with van der Waals surface area (Å²) >= 11 is 0. The third-order valence-corrected chi connectivity index (χ3v) is 7.60. The summed E-state index contributed by atoms with van der Waals surface area (Å²) in [6, 6.07) is 11.1. The van der Waals surface area contributed by atoms with Gasteiger partial charge < -0.3 is 13.8 Å². The number of oxazole rings is 1. The summed E-state index contributed by atoms with van der Waals surface area (Å²) in [7, 11) is 0.